The zero-order valence-electron chi connectivity index (χ0n) is 18.1. The SMILES string of the molecule is COc1ccc(-c2cc(OCC(O)CN3CCC(C)(O)CC3)cc3ccccc23)cn1. The molecule has 2 heterocycles. The van der Waals surface area contributed by atoms with Crippen molar-refractivity contribution in [3.63, 3.8) is 0 Å². The molecule has 0 bridgehead atoms. The Morgan fingerprint density at radius 3 is 2.61 bits per heavy atom. The molecule has 6 heteroatoms. The maximum absolute atomic E-state index is 10.5. The number of hydrogen-bond donors (Lipinski definition) is 2. The molecule has 1 fully saturated rings. The van der Waals surface area contributed by atoms with Crippen LogP contribution in [-0.4, -0.2) is 65.2 Å². The van der Waals surface area contributed by atoms with Crippen LogP contribution in [0.4, 0.5) is 0 Å². The topological polar surface area (TPSA) is 75.0 Å². The van der Waals surface area contributed by atoms with Crippen molar-refractivity contribution in [3.8, 4) is 22.8 Å². The van der Waals surface area contributed by atoms with E-state index in [1.165, 1.54) is 0 Å². The fourth-order valence-corrected chi connectivity index (χ4v) is 4.03. The highest BCUT2D eigenvalue weighted by molar-refractivity contribution is 5.97. The molecule has 2 aromatic carbocycles. The quantitative estimate of drug-likeness (QED) is 0.607. The number of aliphatic hydroxyl groups excluding tert-OH is 1. The average molecular weight is 423 g/mol. The van der Waals surface area contributed by atoms with Crippen LogP contribution < -0.4 is 9.47 Å². The summed E-state index contributed by atoms with van der Waals surface area (Å²) in [4.78, 5) is 6.51. The molecule has 0 aliphatic carbocycles. The molecule has 0 spiro atoms. The Morgan fingerprint density at radius 2 is 1.90 bits per heavy atom. The van der Waals surface area contributed by atoms with Crippen LogP contribution in [0.15, 0.2) is 54.7 Å². The summed E-state index contributed by atoms with van der Waals surface area (Å²) in [5, 5.41) is 22.8. The third kappa shape index (κ3) is 5.34. The second-order valence-corrected chi connectivity index (χ2v) is 8.54. The number of pyridine rings is 1. The smallest absolute Gasteiger partial charge is 0.212 e. The molecule has 0 saturated carbocycles. The first-order valence-corrected chi connectivity index (χ1v) is 10.7. The minimum atomic E-state index is -0.597. The molecule has 1 aromatic heterocycles. The van der Waals surface area contributed by atoms with Crippen LogP contribution >= 0.6 is 0 Å². The van der Waals surface area contributed by atoms with E-state index in [4.69, 9.17) is 9.47 Å². The van der Waals surface area contributed by atoms with Gasteiger partial charge in [-0.15, -0.1) is 0 Å². The maximum atomic E-state index is 10.5. The molecule has 1 atom stereocenters. The van der Waals surface area contributed by atoms with Crippen molar-refractivity contribution in [2.75, 3.05) is 33.4 Å². The van der Waals surface area contributed by atoms with E-state index in [9.17, 15) is 10.2 Å². The monoisotopic (exact) mass is 422 g/mol. The molecular formula is C25H30N2O4. The van der Waals surface area contributed by atoms with E-state index < -0.39 is 11.7 Å². The fraction of sp³-hybridized carbons (Fsp3) is 0.400. The molecule has 0 amide bonds. The third-order valence-electron chi connectivity index (χ3n) is 5.94. The van der Waals surface area contributed by atoms with E-state index in [2.05, 4.69) is 22.0 Å². The number of nitrogens with zero attached hydrogens (tertiary/aromatic N) is 2. The first-order chi connectivity index (χ1) is 14.9. The van der Waals surface area contributed by atoms with E-state index in [0.717, 1.165) is 47.8 Å². The summed E-state index contributed by atoms with van der Waals surface area (Å²) >= 11 is 0. The van der Waals surface area contributed by atoms with Crippen LogP contribution in [0.1, 0.15) is 19.8 Å². The fourth-order valence-electron chi connectivity index (χ4n) is 4.03. The lowest BCUT2D eigenvalue weighted by Crippen LogP contribution is -2.45. The van der Waals surface area contributed by atoms with Crippen LogP contribution in [0.2, 0.25) is 0 Å². The Morgan fingerprint density at radius 1 is 1.13 bits per heavy atom. The zero-order valence-corrected chi connectivity index (χ0v) is 18.1. The average Bonchev–Trinajstić information content (AvgIpc) is 2.78. The standard InChI is InChI=1S/C25H30N2O4/c1-25(29)9-11-27(12-10-25)16-20(28)17-31-21-13-18-5-3-4-6-22(18)23(14-21)19-7-8-24(30-2)26-15-19/h3-8,13-15,20,28-29H,9-12,16-17H2,1-2H3. The van der Waals surface area contributed by atoms with Crippen molar-refractivity contribution in [1.29, 1.82) is 0 Å². The van der Waals surface area contributed by atoms with Crippen molar-refractivity contribution in [2.24, 2.45) is 0 Å². The van der Waals surface area contributed by atoms with Crippen molar-refractivity contribution >= 4 is 10.8 Å². The van der Waals surface area contributed by atoms with Crippen molar-refractivity contribution in [3.05, 3.63) is 54.7 Å². The van der Waals surface area contributed by atoms with Gasteiger partial charge in [0.1, 0.15) is 18.5 Å². The van der Waals surface area contributed by atoms with Gasteiger partial charge in [-0.25, -0.2) is 4.98 Å². The Hall–Kier alpha value is -2.67. The van der Waals surface area contributed by atoms with Crippen molar-refractivity contribution < 1.29 is 19.7 Å². The minimum Gasteiger partial charge on any atom is -0.491 e. The largest absolute Gasteiger partial charge is 0.491 e. The van der Waals surface area contributed by atoms with Crippen LogP contribution in [0, 0.1) is 0 Å². The second kappa shape index (κ2) is 9.22. The van der Waals surface area contributed by atoms with Crippen LogP contribution in [-0.2, 0) is 0 Å². The molecule has 6 nitrogen and oxygen atoms in total. The van der Waals surface area contributed by atoms with Crippen LogP contribution in [0.25, 0.3) is 21.9 Å². The molecule has 164 valence electrons. The Balaban J connectivity index is 1.47. The number of methoxy groups -OCH3 is 1. The number of piperidine rings is 1. The Kier molecular flexibility index (Phi) is 6.41. The molecule has 0 radical (unpaired) electrons. The second-order valence-electron chi connectivity index (χ2n) is 8.54. The number of aliphatic hydroxyl groups is 2. The summed E-state index contributed by atoms with van der Waals surface area (Å²) in [6.45, 7) is 4.20. The molecule has 3 aromatic rings. The highest BCUT2D eigenvalue weighted by Crippen LogP contribution is 2.33. The Labute approximate surface area is 183 Å². The van der Waals surface area contributed by atoms with Gasteiger partial charge in [0.25, 0.3) is 0 Å². The zero-order chi connectivity index (χ0) is 21.8. The predicted octanol–water partition coefficient (Wildman–Crippen LogP) is 3.50. The van der Waals surface area contributed by atoms with Crippen molar-refractivity contribution in [1.82, 2.24) is 9.88 Å². The summed E-state index contributed by atoms with van der Waals surface area (Å²) in [6.07, 6.45) is 2.65. The lowest BCUT2D eigenvalue weighted by Gasteiger charge is -2.36. The number of ether oxygens (including phenoxy) is 2. The molecule has 1 unspecified atom stereocenters. The van der Waals surface area contributed by atoms with Gasteiger partial charge in [-0.2, -0.15) is 0 Å². The molecule has 4 rings (SSSR count). The number of β-amino-alcohol motifs (C(OH)–C–C–N with tert-alkyl or cyclic N) is 1. The van der Waals surface area contributed by atoms with Gasteiger partial charge in [0, 0.05) is 37.5 Å². The van der Waals surface area contributed by atoms with Crippen LogP contribution in [0.3, 0.4) is 0 Å². The molecule has 1 saturated heterocycles. The van der Waals surface area contributed by atoms with Crippen LogP contribution in [0.5, 0.6) is 11.6 Å². The normalized spacial score (nSPS) is 17.4. The maximum Gasteiger partial charge on any atom is 0.212 e. The van der Waals surface area contributed by atoms with Gasteiger partial charge < -0.3 is 24.6 Å². The molecule has 1 aliphatic rings. The summed E-state index contributed by atoms with van der Waals surface area (Å²) in [5.74, 6) is 1.29. The van der Waals surface area contributed by atoms with Gasteiger partial charge in [-0.3, -0.25) is 0 Å². The van der Waals surface area contributed by atoms with E-state index in [1.54, 1.807) is 13.3 Å². The molecule has 31 heavy (non-hydrogen) atoms. The number of fused-ring (bicyclic) bond motifs is 1. The van der Waals surface area contributed by atoms with Gasteiger partial charge in [-0.05, 0) is 54.3 Å². The predicted molar refractivity (Wildman–Crippen MR) is 122 cm³/mol. The lowest BCUT2D eigenvalue weighted by atomic mass is 9.94. The lowest BCUT2D eigenvalue weighted by molar-refractivity contribution is -0.0201. The molecule has 2 N–H and O–H groups in total. The van der Waals surface area contributed by atoms with Gasteiger partial charge in [0.2, 0.25) is 5.88 Å². The highest BCUT2D eigenvalue weighted by atomic mass is 16.5. The third-order valence-corrected chi connectivity index (χ3v) is 5.94. The number of aromatic nitrogens is 1. The molecule has 1 aliphatic heterocycles. The van der Waals surface area contributed by atoms with Crippen molar-refractivity contribution in [2.45, 2.75) is 31.5 Å². The minimum absolute atomic E-state index is 0.214. The van der Waals surface area contributed by atoms with Gasteiger partial charge >= 0.3 is 0 Å². The first-order valence-electron chi connectivity index (χ1n) is 10.7. The van der Waals surface area contributed by atoms with E-state index in [1.807, 2.05) is 43.3 Å². The van der Waals surface area contributed by atoms with E-state index in [0.29, 0.717) is 18.2 Å². The van der Waals surface area contributed by atoms with Gasteiger partial charge in [-0.1, -0.05) is 24.3 Å². The Bertz CT molecular complexity index is 1010. The van der Waals surface area contributed by atoms with E-state index in [-0.39, 0.29) is 6.61 Å². The summed E-state index contributed by atoms with van der Waals surface area (Å²) < 4.78 is 11.2. The number of benzene rings is 2. The number of hydrogen-bond acceptors (Lipinski definition) is 6. The molecular weight excluding hydrogens is 392 g/mol. The summed E-state index contributed by atoms with van der Waals surface area (Å²) in [7, 11) is 1.60. The van der Waals surface area contributed by atoms with Gasteiger partial charge in [0.15, 0.2) is 0 Å². The first kappa shape index (κ1) is 21.6. The number of likely N-dealkylation sites (tertiary alicyclic amines) is 1. The van der Waals surface area contributed by atoms with E-state index >= 15 is 0 Å². The summed E-state index contributed by atoms with van der Waals surface area (Å²) in [6, 6.07) is 16.0. The summed E-state index contributed by atoms with van der Waals surface area (Å²) in [5.41, 5.74) is 1.41. The number of rotatable bonds is 7. The van der Waals surface area contributed by atoms with Gasteiger partial charge in [0.05, 0.1) is 12.7 Å². The highest BCUT2D eigenvalue weighted by Gasteiger charge is 2.28.